The van der Waals surface area contributed by atoms with Crippen LogP contribution < -0.4 is 14.8 Å². The lowest BCUT2D eigenvalue weighted by Crippen LogP contribution is -2.29. The van der Waals surface area contributed by atoms with Crippen LogP contribution in [0.5, 0.6) is 11.5 Å². The minimum absolute atomic E-state index is 0.0556. The van der Waals surface area contributed by atoms with Gasteiger partial charge in [-0.05, 0) is 35.4 Å². The van der Waals surface area contributed by atoms with Gasteiger partial charge >= 0.3 is 6.18 Å². The van der Waals surface area contributed by atoms with Gasteiger partial charge < -0.3 is 19.9 Å². The van der Waals surface area contributed by atoms with Gasteiger partial charge in [-0.2, -0.15) is 13.2 Å². The summed E-state index contributed by atoms with van der Waals surface area (Å²) in [6.45, 7) is -0.114. The number of halogens is 3. The monoisotopic (exact) mass is 383 g/mol. The maximum atomic E-state index is 12.5. The zero-order valence-electron chi connectivity index (χ0n) is 14.8. The number of ether oxygens (including phenoxy) is 2. The van der Waals surface area contributed by atoms with E-state index in [0.29, 0.717) is 17.1 Å². The summed E-state index contributed by atoms with van der Waals surface area (Å²) in [7, 11) is 3.00. The van der Waals surface area contributed by atoms with E-state index in [4.69, 9.17) is 9.47 Å². The molecule has 0 bridgehead atoms. The smallest absolute Gasteiger partial charge is 0.416 e. The topological polar surface area (TPSA) is 67.8 Å². The van der Waals surface area contributed by atoms with Gasteiger partial charge in [-0.1, -0.05) is 18.2 Å². The summed E-state index contributed by atoms with van der Waals surface area (Å²) < 4.78 is 47.9. The van der Waals surface area contributed by atoms with Crippen molar-refractivity contribution < 1.29 is 32.5 Å². The quantitative estimate of drug-likeness (QED) is 0.771. The fourth-order valence-corrected chi connectivity index (χ4v) is 2.46. The van der Waals surface area contributed by atoms with Gasteiger partial charge in [-0.3, -0.25) is 4.79 Å². The van der Waals surface area contributed by atoms with Crippen LogP contribution in [0.2, 0.25) is 0 Å². The predicted molar refractivity (Wildman–Crippen MR) is 92.7 cm³/mol. The van der Waals surface area contributed by atoms with Crippen LogP contribution in [0.25, 0.3) is 0 Å². The Balaban J connectivity index is 1.91. The van der Waals surface area contributed by atoms with E-state index in [1.165, 1.54) is 26.4 Å². The van der Waals surface area contributed by atoms with Crippen LogP contribution in [0, 0.1) is 0 Å². The van der Waals surface area contributed by atoms with Crippen LogP contribution in [-0.2, 0) is 17.4 Å². The number of alkyl halides is 3. The summed E-state index contributed by atoms with van der Waals surface area (Å²) in [5, 5.41) is 12.6. The van der Waals surface area contributed by atoms with Crippen molar-refractivity contribution in [3.8, 4) is 11.5 Å². The second-order valence-corrected chi connectivity index (χ2v) is 5.81. The zero-order valence-corrected chi connectivity index (χ0v) is 14.8. The van der Waals surface area contributed by atoms with Crippen LogP contribution in [0.1, 0.15) is 22.8 Å². The lowest BCUT2D eigenvalue weighted by Gasteiger charge is -2.14. The third-order valence-electron chi connectivity index (χ3n) is 3.93. The van der Waals surface area contributed by atoms with Crippen molar-refractivity contribution in [2.24, 2.45) is 0 Å². The van der Waals surface area contributed by atoms with Gasteiger partial charge in [0.15, 0.2) is 11.5 Å². The molecule has 0 aliphatic carbocycles. The summed E-state index contributed by atoms with van der Waals surface area (Å²) in [5.74, 6) is 0.695. The van der Waals surface area contributed by atoms with Crippen molar-refractivity contribution in [1.82, 2.24) is 5.32 Å². The highest BCUT2D eigenvalue weighted by molar-refractivity contribution is 5.78. The van der Waals surface area contributed by atoms with Crippen molar-refractivity contribution in [2.75, 3.05) is 20.8 Å². The summed E-state index contributed by atoms with van der Waals surface area (Å²) in [6, 6.07) is 9.23. The number of carbonyl (C=O) groups is 1. The second kappa shape index (κ2) is 8.77. The molecule has 0 aliphatic heterocycles. The number of methoxy groups -OCH3 is 2. The Morgan fingerprint density at radius 2 is 1.70 bits per heavy atom. The number of rotatable bonds is 7. The first-order valence-electron chi connectivity index (χ1n) is 8.07. The third kappa shape index (κ3) is 5.62. The van der Waals surface area contributed by atoms with E-state index in [2.05, 4.69) is 5.32 Å². The Morgan fingerprint density at radius 3 is 2.26 bits per heavy atom. The van der Waals surface area contributed by atoms with E-state index in [0.717, 1.165) is 12.1 Å². The molecule has 5 nitrogen and oxygen atoms in total. The lowest BCUT2D eigenvalue weighted by molar-refractivity contribution is -0.137. The second-order valence-electron chi connectivity index (χ2n) is 5.81. The van der Waals surface area contributed by atoms with Crippen LogP contribution in [-0.4, -0.2) is 31.8 Å². The van der Waals surface area contributed by atoms with Gasteiger partial charge in [0.2, 0.25) is 5.91 Å². The number of aliphatic hydroxyl groups excluding tert-OH is 1. The molecule has 2 N–H and O–H groups in total. The highest BCUT2D eigenvalue weighted by Crippen LogP contribution is 2.30. The van der Waals surface area contributed by atoms with E-state index in [-0.39, 0.29) is 24.4 Å². The first-order chi connectivity index (χ1) is 12.7. The highest BCUT2D eigenvalue weighted by Gasteiger charge is 2.30. The minimum Gasteiger partial charge on any atom is -0.493 e. The molecule has 0 radical (unpaired) electrons. The molecule has 2 aromatic carbocycles. The van der Waals surface area contributed by atoms with Gasteiger partial charge in [-0.15, -0.1) is 0 Å². The number of carbonyl (C=O) groups excluding carboxylic acids is 1. The molecule has 27 heavy (non-hydrogen) atoms. The van der Waals surface area contributed by atoms with Gasteiger partial charge in [0.05, 0.1) is 32.3 Å². The Bertz CT molecular complexity index is 776. The number of amides is 1. The van der Waals surface area contributed by atoms with Crippen LogP contribution in [0.4, 0.5) is 13.2 Å². The maximum Gasteiger partial charge on any atom is 0.416 e. The molecule has 0 fully saturated rings. The average molecular weight is 383 g/mol. The predicted octanol–water partition coefficient (Wildman–Crippen LogP) is 3.11. The van der Waals surface area contributed by atoms with Crippen molar-refractivity contribution in [2.45, 2.75) is 18.7 Å². The Hall–Kier alpha value is -2.74. The molecular formula is C19H20F3NO4. The fourth-order valence-electron chi connectivity index (χ4n) is 2.46. The zero-order chi connectivity index (χ0) is 20.0. The molecule has 1 atom stereocenters. The third-order valence-corrected chi connectivity index (χ3v) is 3.93. The first-order valence-corrected chi connectivity index (χ1v) is 8.07. The Labute approximate surface area is 154 Å². The number of hydrogen-bond donors (Lipinski definition) is 2. The number of nitrogens with one attached hydrogen (secondary N) is 1. The normalized spacial score (nSPS) is 12.4. The summed E-state index contributed by atoms with van der Waals surface area (Å²) in [5.41, 5.74) is 0.180. The van der Waals surface area contributed by atoms with Crippen LogP contribution in [0.3, 0.4) is 0 Å². The number of aliphatic hydroxyl groups is 1. The van der Waals surface area contributed by atoms with Crippen molar-refractivity contribution in [3.63, 3.8) is 0 Å². The molecule has 2 rings (SSSR count). The molecule has 1 amide bonds. The molecule has 0 spiro atoms. The molecule has 0 saturated heterocycles. The highest BCUT2D eigenvalue weighted by atomic mass is 19.4. The van der Waals surface area contributed by atoms with Gasteiger partial charge in [0.1, 0.15) is 0 Å². The van der Waals surface area contributed by atoms with Gasteiger partial charge in [0, 0.05) is 6.54 Å². The molecule has 2 aromatic rings. The SMILES string of the molecule is COc1ccc(CC(=O)NCC(O)c2ccc(C(F)(F)F)cc2)cc1OC. The summed E-state index contributed by atoms with van der Waals surface area (Å²) in [4.78, 5) is 12.0. The standard InChI is InChI=1S/C19H20F3NO4/c1-26-16-8-3-12(9-17(16)27-2)10-18(25)23-11-15(24)13-4-6-14(7-5-13)19(20,21)22/h3-9,15,24H,10-11H2,1-2H3,(H,23,25). The van der Waals surface area contributed by atoms with E-state index < -0.39 is 17.8 Å². The summed E-state index contributed by atoms with van der Waals surface area (Å²) in [6.07, 6.45) is -5.49. The molecular weight excluding hydrogens is 363 g/mol. The van der Waals surface area contributed by atoms with Gasteiger partial charge in [0.25, 0.3) is 0 Å². The van der Waals surface area contributed by atoms with Crippen molar-refractivity contribution >= 4 is 5.91 Å². The maximum absolute atomic E-state index is 12.5. The molecule has 0 aliphatic rings. The van der Waals surface area contributed by atoms with E-state index in [9.17, 15) is 23.1 Å². The van der Waals surface area contributed by atoms with E-state index >= 15 is 0 Å². The minimum atomic E-state index is -4.43. The Kier molecular flexibility index (Phi) is 6.68. The molecule has 0 heterocycles. The first kappa shape index (κ1) is 20.6. The van der Waals surface area contributed by atoms with Crippen molar-refractivity contribution in [3.05, 3.63) is 59.2 Å². The Morgan fingerprint density at radius 1 is 1.07 bits per heavy atom. The van der Waals surface area contributed by atoms with Crippen LogP contribution >= 0.6 is 0 Å². The molecule has 0 aromatic heterocycles. The van der Waals surface area contributed by atoms with E-state index in [1.807, 2.05) is 0 Å². The van der Waals surface area contributed by atoms with E-state index in [1.54, 1.807) is 18.2 Å². The van der Waals surface area contributed by atoms with Crippen LogP contribution in [0.15, 0.2) is 42.5 Å². The summed E-state index contributed by atoms with van der Waals surface area (Å²) >= 11 is 0. The lowest BCUT2D eigenvalue weighted by atomic mass is 10.1. The molecule has 1 unspecified atom stereocenters. The number of hydrogen-bond acceptors (Lipinski definition) is 4. The fraction of sp³-hybridized carbons (Fsp3) is 0.316. The molecule has 8 heteroatoms. The van der Waals surface area contributed by atoms with Crippen molar-refractivity contribution in [1.29, 1.82) is 0 Å². The number of benzene rings is 2. The molecule has 146 valence electrons. The molecule has 0 saturated carbocycles. The average Bonchev–Trinajstić information content (AvgIpc) is 2.65. The largest absolute Gasteiger partial charge is 0.493 e. The van der Waals surface area contributed by atoms with Gasteiger partial charge in [-0.25, -0.2) is 0 Å².